The first kappa shape index (κ1) is 13.6. The van der Waals surface area contributed by atoms with E-state index >= 15 is 0 Å². The van der Waals surface area contributed by atoms with Crippen LogP contribution in [0.3, 0.4) is 0 Å². The van der Waals surface area contributed by atoms with Gasteiger partial charge in [-0.3, -0.25) is 0 Å². The molecule has 0 spiro atoms. The topological polar surface area (TPSA) is 23.8 Å². The number of halogens is 3. The molecule has 0 heterocycles. The van der Waals surface area contributed by atoms with Crippen molar-refractivity contribution in [2.24, 2.45) is 0 Å². The van der Waals surface area contributed by atoms with Gasteiger partial charge in [-0.05, 0) is 41.5 Å². The van der Waals surface area contributed by atoms with Gasteiger partial charge >= 0.3 is 0 Å². The first-order chi connectivity index (χ1) is 9.10. The average Bonchev–Trinajstić information content (AvgIpc) is 2.39. The van der Waals surface area contributed by atoms with Crippen molar-refractivity contribution in [2.75, 3.05) is 0 Å². The van der Waals surface area contributed by atoms with E-state index in [0.29, 0.717) is 26.7 Å². The number of nitriles is 1. The van der Waals surface area contributed by atoms with Crippen molar-refractivity contribution >= 4 is 34.9 Å². The Balaban J connectivity index is 2.44. The van der Waals surface area contributed by atoms with Gasteiger partial charge in [0.25, 0.3) is 0 Å². The van der Waals surface area contributed by atoms with Gasteiger partial charge in [-0.25, -0.2) is 4.39 Å². The molecule has 0 saturated heterocycles. The van der Waals surface area contributed by atoms with Crippen LogP contribution in [-0.2, 0) is 0 Å². The number of rotatable bonds is 2. The Kier molecular flexibility index (Phi) is 4.21. The lowest BCUT2D eigenvalue weighted by molar-refractivity contribution is 0.627. The van der Waals surface area contributed by atoms with E-state index in [4.69, 9.17) is 23.2 Å². The maximum Gasteiger partial charge on any atom is 0.123 e. The molecule has 0 fully saturated rings. The van der Waals surface area contributed by atoms with Gasteiger partial charge < -0.3 is 0 Å². The van der Waals surface area contributed by atoms with E-state index < -0.39 is 0 Å². The normalized spacial score (nSPS) is 11.2. The zero-order valence-corrected chi connectivity index (χ0v) is 11.2. The van der Waals surface area contributed by atoms with Crippen molar-refractivity contribution in [1.82, 2.24) is 0 Å². The van der Waals surface area contributed by atoms with E-state index in [2.05, 4.69) is 6.07 Å². The lowest BCUT2D eigenvalue weighted by Gasteiger charge is -2.02. The maximum absolute atomic E-state index is 12.9. The highest BCUT2D eigenvalue weighted by Crippen LogP contribution is 2.25. The van der Waals surface area contributed by atoms with Crippen LogP contribution in [0.2, 0.25) is 10.0 Å². The van der Waals surface area contributed by atoms with E-state index in [-0.39, 0.29) is 5.82 Å². The molecular weight excluding hydrogens is 284 g/mol. The molecular formula is C15H8Cl2FN. The third-order valence-electron chi connectivity index (χ3n) is 2.54. The predicted octanol–water partition coefficient (Wildman–Crippen LogP) is 5.20. The molecule has 0 amide bonds. The van der Waals surface area contributed by atoms with E-state index in [1.807, 2.05) is 0 Å². The first-order valence-electron chi connectivity index (χ1n) is 5.43. The maximum atomic E-state index is 12.9. The van der Waals surface area contributed by atoms with Gasteiger partial charge in [-0.1, -0.05) is 41.4 Å². The molecule has 0 bridgehead atoms. The summed E-state index contributed by atoms with van der Waals surface area (Å²) in [6.07, 6.45) is 1.64. The Hall–Kier alpha value is -1.82. The highest BCUT2D eigenvalue weighted by atomic mass is 35.5. The molecule has 0 saturated carbocycles. The Morgan fingerprint density at radius 2 is 1.79 bits per heavy atom. The number of nitrogens with zero attached hydrogens (tertiary/aromatic N) is 1. The molecule has 0 N–H and O–H groups in total. The van der Waals surface area contributed by atoms with E-state index in [1.54, 1.807) is 36.4 Å². The Morgan fingerprint density at radius 3 is 2.37 bits per heavy atom. The minimum absolute atomic E-state index is 0.342. The fraction of sp³-hybridized carbons (Fsp3) is 0. The zero-order chi connectivity index (χ0) is 13.8. The summed E-state index contributed by atoms with van der Waals surface area (Å²) >= 11 is 11.9. The molecule has 0 unspecified atom stereocenters. The van der Waals surface area contributed by atoms with Crippen LogP contribution in [0.15, 0.2) is 42.5 Å². The summed E-state index contributed by atoms with van der Waals surface area (Å²) in [4.78, 5) is 0. The molecule has 94 valence electrons. The van der Waals surface area contributed by atoms with Gasteiger partial charge in [0.15, 0.2) is 0 Å². The highest BCUT2D eigenvalue weighted by molar-refractivity contribution is 6.35. The van der Waals surface area contributed by atoms with Gasteiger partial charge in [0, 0.05) is 10.0 Å². The molecule has 0 radical (unpaired) electrons. The molecule has 0 aliphatic heterocycles. The predicted molar refractivity (Wildman–Crippen MR) is 76.3 cm³/mol. The Labute approximate surface area is 120 Å². The largest absolute Gasteiger partial charge is 0.207 e. The van der Waals surface area contributed by atoms with Gasteiger partial charge in [-0.15, -0.1) is 0 Å². The lowest BCUT2D eigenvalue weighted by Crippen LogP contribution is -1.84. The second-order valence-corrected chi connectivity index (χ2v) is 4.69. The van der Waals surface area contributed by atoms with Crippen LogP contribution >= 0.6 is 23.2 Å². The third kappa shape index (κ3) is 3.35. The monoisotopic (exact) mass is 291 g/mol. The molecule has 19 heavy (non-hydrogen) atoms. The standard InChI is InChI=1S/C15H8Cl2FN/c16-13-4-1-11(15(17)8-13)7-12(9-19)10-2-5-14(18)6-3-10/h1-8H/b12-7-. The average molecular weight is 292 g/mol. The number of hydrogen-bond donors (Lipinski definition) is 0. The molecule has 4 heteroatoms. The number of allylic oxidation sites excluding steroid dienone is 1. The van der Waals surface area contributed by atoms with Crippen LogP contribution in [0.25, 0.3) is 11.6 Å². The van der Waals surface area contributed by atoms with Crippen LogP contribution in [0.5, 0.6) is 0 Å². The zero-order valence-electron chi connectivity index (χ0n) is 9.70. The minimum Gasteiger partial charge on any atom is -0.207 e. The molecule has 2 rings (SSSR count). The van der Waals surface area contributed by atoms with Crippen LogP contribution in [0.1, 0.15) is 11.1 Å². The summed E-state index contributed by atoms with van der Waals surface area (Å²) in [5.74, 6) is -0.342. The summed E-state index contributed by atoms with van der Waals surface area (Å²) in [6, 6.07) is 12.8. The van der Waals surface area contributed by atoms with Crippen molar-refractivity contribution < 1.29 is 4.39 Å². The molecule has 2 aromatic rings. The summed E-state index contributed by atoms with van der Waals surface area (Å²) in [7, 11) is 0. The summed E-state index contributed by atoms with van der Waals surface area (Å²) in [6.45, 7) is 0. The van der Waals surface area contributed by atoms with Crippen molar-refractivity contribution in [3.05, 3.63) is 69.5 Å². The SMILES string of the molecule is N#C/C(=C/c1ccc(Cl)cc1Cl)c1ccc(F)cc1. The Morgan fingerprint density at radius 1 is 1.11 bits per heavy atom. The second kappa shape index (κ2) is 5.88. The second-order valence-electron chi connectivity index (χ2n) is 3.84. The van der Waals surface area contributed by atoms with Crippen molar-refractivity contribution in [1.29, 1.82) is 5.26 Å². The van der Waals surface area contributed by atoms with Crippen LogP contribution < -0.4 is 0 Å². The smallest absolute Gasteiger partial charge is 0.123 e. The van der Waals surface area contributed by atoms with Crippen molar-refractivity contribution in [2.45, 2.75) is 0 Å². The molecule has 1 nitrogen and oxygen atoms in total. The van der Waals surface area contributed by atoms with Crippen LogP contribution in [0.4, 0.5) is 4.39 Å². The quantitative estimate of drug-likeness (QED) is 0.551. The molecule has 0 aliphatic carbocycles. The van der Waals surface area contributed by atoms with Crippen molar-refractivity contribution in [3.63, 3.8) is 0 Å². The van der Waals surface area contributed by atoms with Gasteiger partial charge in [0.1, 0.15) is 5.82 Å². The molecule has 0 aromatic heterocycles. The Bertz CT molecular complexity index is 670. The van der Waals surface area contributed by atoms with Crippen molar-refractivity contribution in [3.8, 4) is 6.07 Å². The van der Waals surface area contributed by atoms with Gasteiger partial charge in [-0.2, -0.15) is 5.26 Å². The van der Waals surface area contributed by atoms with Gasteiger partial charge in [0.05, 0.1) is 11.6 Å². The van der Waals surface area contributed by atoms with Gasteiger partial charge in [0.2, 0.25) is 0 Å². The fourth-order valence-electron chi connectivity index (χ4n) is 1.58. The van der Waals surface area contributed by atoms with Crippen LogP contribution in [0, 0.1) is 17.1 Å². The lowest BCUT2D eigenvalue weighted by atomic mass is 10.0. The summed E-state index contributed by atoms with van der Waals surface area (Å²) in [5, 5.41) is 10.2. The fourth-order valence-corrected chi connectivity index (χ4v) is 2.05. The number of hydrogen-bond acceptors (Lipinski definition) is 1. The number of benzene rings is 2. The highest BCUT2D eigenvalue weighted by Gasteiger charge is 2.04. The molecule has 0 atom stereocenters. The first-order valence-corrected chi connectivity index (χ1v) is 6.18. The summed E-state index contributed by atoms with van der Waals surface area (Å²) in [5.41, 5.74) is 1.73. The minimum atomic E-state index is -0.342. The van der Waals surface area contributed by atoms with E-state index in [0.717, 1.165) is 0 Å². The van der Waals surface area contributed by atoms with Crippen LogP contribution in [-0.4, -0.2) is 0 Å². The molecule has 0 aliphatic rings. The van der Waals surface area contributed by atoms with E-state index in [9.17, 15) is 9.65 Å². The summed E-state index contributed by atoms with van der Waals surface area (Å²) < 4.78 is 12.9. The third-order valence-corrected chi connectivity index (χ3v) is 3.10. The molecule has 2 aromatic carbocycles. The van der Waals surface area contributed by atoms with E-state index in [1.165, 1.54) is 12.1 Å².